The van der Waals surface area contributed by atoms with Gasteiger partial charge >= 0.3 is 6.03 Å². The van der Waals surface area contributed by atoms with Gasteiger partial charge in [0.15, 0.2) is 5.82 Å². The van der Waals surface area contributed by atoms with Crippen LogP contribution in [0.15, 0.2) is 18.2 Å². The Bertz CT molecular complexity index is 511. The van der Waals surface area contributed by atoms with Crippen LogP contribution in [0.1, 0.15) is 0 Å². The summed E-state index contributed by atoms with van der Waals surface area (Å²) >= 11 is 7.19. The fourth-order valence-electron chi connectivity index (χ4n) is 1.17. The summed E-state index contributed by atoms with van der Waals surface area (Å²) in [5.41, 5.74) is 0. The summed E-state index contributed by atoms with van der Waals surface area (Å²) in [6.07, 6.45) is 0. The predicted molar refractivity (Wildman–Crippen MR) is 62.7 cm³/mol. The molecule has 0 atom stereocenters. The van der Waals surface area contributed by atoms with Crippen LogP contribution in [0.4, 0.5) is 10.6 Å². The van der Waals surface area contributed by atoms with Gasteiger partial charge in [-0.15, -0.1) is 0 Å². The molecule has 0 aliphatic rings. The largest absolute Gasteiger partial charge is 0.341 e. The maximum absolute atomic E-state index is 11.1. The molecule has 0 spiro atoms. The molecule has 6 heteroatoms. The van der Waals surface area contributed by atoms with Crippen LogP contribution in [0.3, 0.4) is 0 Å². The van der Waals surface area contributed by atoms with Crippen molar-refractivity contribution in [1.29, 1.82) is 0 Å². The van der Waals surface area contributed by atoms with Gasteiger partial charge in [0.1, 0.15) is 0 Å². The molecule has 0 bridgehead atoms. The van der Waals surface area contributed by atoms with E-state index in [0.29, 0.717) is 10.8 Å². The van der Waals surface area contributed by atoms with Crippen molar-refractivity contribution in [2.75, 3.05) is 12.4 Å². The van der Waals surface area contributed by atoms with Gasteiger partial charge in [-0.25, -0.2) is 4.79 Å². The van der Waals surface area contributed by atoms with E-state index in [-0.39, 0.29) is 6.03 Å². The number of hydrogen-bond donors (Lipinski definition) is 2. The summed E-state index contributed by atoms with van der Waals surface area (Å²) < 4.78 is 5.13. The Morgan fingerprint density at radius 1 is 1.53 bits per heavy atom. The van der Waals surface area contributed by atoms with Crippen LogP contribution in [0.5, 0.6) is 0 Å². The molecule has 0 radical (unpaired) electrons. The molecule has 2 amide bonds. The zero-order valence-electron chi connectivity index (χ0n) is 7.87. The number of anilines is 1. The normalized spacial score (nSPS) is 10.3. The van der Waals surface area contributed by atoms with E-state index in [4.69, 9.17) is 11.6 Å². The lowest BCUT2D eigenvalue weighted by Gasteiger charge is -2.00. The van der Waals surface area contributed by atoms with Crippen molar-refractivity contribution in [2.24, 2.45) is 0 Å². The SMILES string of the molecule is CNC(=O)Nc1nsc2ccc(Cl)cc12. The molecule has 0 unspecified atom stereocenters. The smallest absolute Gasteiger partial charge is 0.320 e. The third-order valence-electron chi connectivity index (χ3n) is 1.89. The van der Waals surface area contributed by atoms with Gasteiger partial charge in [-0.05, 0) is 29.7 Å². The Morgan fingerprint density at radius 2 is 2.33 bits per heavy atom. The molecular weight excluding hydrogens is 234 g/mol. The van der Waals surface area contributed by atoms with Crippen LogP contribution in [0.25, 0.3) is 10.1 Å². The molecule has 0 saturated heterocycles. The lowest BCUT2D eigenvalue weighted by molar-refractivity contribution is 0.254. The average Bonchev–Trinajstić information content (AvgIpc) is 2.61. The van der Waals surface area contributed by atoms with E-state index in [1.165, 1.54) is 11.5 Å². The highest BCUT2D eigenvalue weighted by atomic mass is 35.5. The van der Waals surface area contributed by atoms with Gasteiger partial charge in [0.05, 0.1) is 4.70 Å². The Balaban J connectivity index is 2.43. The number of nitrogens with one attached hydrogen (secondary N) is 2. The maximum atomic E-state index is 11.1. The molecule has 2 N–H and O–H groups in total. The molecule has 1 aromatic carbocycles. The number of fused-ring (bicyclic) bond motifs is 1. The van der Waals surface area contributed by atoms with Gasteiger partial charge in [-0.3, -0.25) is 5.32 Å². The molecule has 15 heavy (non-hydrogen) atoms. The number of urea groups is 1. The van der Waals surface area contributed by atoms with E-state index >= 15 is 0 Å². The lowest BCUT2D eigenvalue weighted by Crippen LogP contribution is -2.24. The van der Waals surface area contributed by atoms with Gasteiger partial charge in [-0.1, -0.05) is 11.6 Å². The minimum Gasteiger partial charge on any atom is -0.341 e. The van der Waals surface area contributed by atoms with E-state index in [9.17, 15) is 4.79 Å². The van der Waals surface area contributed by atoms with Crippen molar-refractivity contribution in [2.45, 2.75) is 0 Å². The molecule has 0 aliphatic carbocycles. The molecule has 2 aromatic rings. The number of aromatic nitrogens is 1. The summed E-state index contributed by atoms with van der Waals surface area (Å²) in [4.78, 5) is 11.1. The lowest BCUT2D eigenvalue weighted by atomic mass is 10.2. The van der Waals surface area contributed by atoms with Crippen LogP contribution in [-0.4, -0.2) is 17.5 Å². The zero-order chi connectivity index (χ0) is 10.8. The molecule has 78 valence electrons. The highest BCUT2D eigenvalue weighted by Crippen LogP contribution is 2.29. The molecule has 2 rings (SSSR count). The van der Waals surface area contributed by atoms with Crippen molar-refractivity contribution >= 4 is 45.1 Å². The second kappa shape index (κ2) is 4.04. The van der Waals surface area contributed by atoms with Crippen LogP contribution >= 0.6 is 23.1 Å². The van der Waals surface area contributed by atoms with Gasteiger partial charge in [0.2, 0.25) is 0 Å². The standard InChI is InChI=1S/C9H8ClN3OS/c1-11-9(14)12-8-6-4-5(10)2-3-7(6)15-13-8/h2-4H,1H3,(H2,11,12,13,14). The molecule has 0 saturated carbocycles. The van der Waals surface area contributed by atoms with Crippen molar-refractivity contribution in [3.8, 4) is 0 Å². The van der Waals surface area contributed by atoms with Crippen molar-refractivity contribution in [3.05, 3.63) is 23.2 Å². The van der Waals surface area contributed by atoms with Gasteiger partial charge in [0.25, 0.3) is 0 Å². The summed E-state index contributed by atoms with van der Waals surface area (Å²) in [6, 6.07) is 5.17. The third-order valence-corrected chi connectivity index (χ3v) is 2.95. The number of rotatable bonds is 1. The number of nitrogens with zero attached hydrogens (tertiary/aromatic N) is 1. The van der Waals surface area contributed by atoms with E-state index < -0.39 is 0 Å². The Labute approximate surface area is 95.4 Å². The number of benzene rings is 1. The quantitative estimate of drug-likeness (QED) is 0.807. The third kappa shape index (κ3) is 2.03. The number of carbonyl (C=O) groups excluding carboxylic acids is 1. The highest BCUT2D eigenvalue weighted by Gasteiger charge is 2.08. The fourth-order valence-corrected chi connectivity index (χ4v) is 2.06. The van der Waals surface area contributed by atoms with E-state index in [1.54, 1.807) is 19.2 Å². The summed E-state index contributed by atoms with van der Waals surface area (Å²) in [6.45, 7) is 0. The molecular formula is C9H8ClN3OS. The van der Waals surface area contributed by atoms with E-state index in [0.717, 1.165) is 10.1 Å². The number of halogens is 1. The van der Waals surface area contributed by atoms with Gasteiger partial charge in [-0.2, -0.15) is 4.37 Å². The zero-order valence-corrected chi connectivity index (χ0v) is 9.45. The highest BCUT2D eigenvalue weighted by molar-refractivity contribution is 7.13. The number of carbonyl (C=O) groups is 1. The van der Waals surface area contributed by atoms with Gasteiger partial charge < -0.3 is 5.32 Å². The Hall–Kier alpha value is -1.33. The van der Waals surface area contributed by atoms with E-state index in [1.807, 2.05) is 6.07 Å². The van der Waals surface area contributed by atoms with Crippen molar-refractivity contribution < 1.29 is 4.79 Å². The van der Waals surface area contributed by atoms with Crippen LogP contribution in [0, 0.1) is 0 Å². The first-order valence-electron chi connectivity index (χ1n) is 4.24. The van der Waals surface area contributed by atoms with Crippen molar-refractivity contribution in [3.63, 3.8) is 0 Å². The van der Waals surface area contributed by atoms with E-state index in [2.05, 4.69) is 15.0 Å². The van der Waals surface area contributed by atoms with Crippen molar-refractivity contribution in [1.82, 2.24) is 9.69 Å². The first-order valence-corrected chi connectivity index (χ1v) is 5.39. The molecule has 1 aromatic heterocycles. The predicted octanol–water partition coefficient (Wildman–Crippen LogP) is 2.70. The average molecular weight is 242 g/mol. The molecule has 1 heterocycles. The first kappa shape index (κ1) is 10.2. The van der Waals surface area contributed by atoms with Crippen LogP contribution in [-0.2, 0) is 0 Å². The second-order valence-electron chi connectivity index (χ2n) is 2.88. The second-order valence-corrected chi connectivity index (χ2v) is 4.12. The van der Waals surface area contributed by atoms with Gasteiger partial charge in [0, 0.05) is 17.5 Å². The molecule has 0 fully saturated rings. The summed E-state index contributed by atoms with van der Waals surface area (Å²) in [5.74, 6) is 0.539. The first-order chi connectivity index (χ1) is 7.20. The Kier molecular flexibility index (Phi) is 2.75. The minimum atomic E-state index is -0.290. The number of amides is 2. The molecule has 0 aliphatic heterocycles. The maximum Gasteiger partial charge on any atom is 0.320 e. The minimum absolute atomic E-state index is 0.290. The van der Waals surface area contributed by atoms with Crippen LogP contribution in [0.2, 0.25) is 5.02 Å². The summed E-state index contributed by atoms with van der Waals surface area (Å²) in [7, 11) is 1.55. The summed E-state index contributed by atoms with van der Waals surface area (Å²) in [5, 5.41) is 6.58. The molecule has 4 nitrogen and oxygen atoms in total. The number of hydrogen-bond acceptors (Lipinski definition) is 3. The topological polar surface area (TPSA) is 54.0 Å². The monoisotopic (exact) mass is 241 g/mol. The fraction of sp³-hybridized carbons (Fsp3) is 0.111. The van der Waals surface area contributed by atoms with Crippen LogP contribution < -0.4 is 10.6 Å². The Morgan fingerprint density at radius 3 is 3.07 bits per heavy atom.